The molecular weight excluding hydrogens is 234 g/mol. The van der Waals surface area contributed by atoms with E-state index in [2.05, 4.69) is 10.1 Å². The number of nitrogens with one attached hydrogen (secondary N) is 1. The van der Waals surface area contributed by atoms with Gasteiger partial charge in [-0.2, -0.15) is 0 Å². The van der Waals surface area contributed by atoms with Crippen molar-refractivity contribution in [3.8, 4) is 0 Å². The minimum Gasteiger partial charge on any atom is -0.468 e. The van der Waals surface area contributed by atoms with Crippen molar-refractivity contribution >= 4 is 5.97 Å². The van der Waals surface area contributed by atoms with Crippen LogP contribution in [0.4, 0.5) is 0 Å². The molecule has 1 unspecified atom stereocenters. The zero-order valence-corrected chi connectivity index (χ0v) is 10.3. The Morgan fingerprint density at radius 1 is 1.44 bits per heavy atom. The highest BCUT2D eigenvalue weighted by Crippen LogP contribution is 2.14. The van der Waals surface area contributed by atoms with Crippen molar-refractivity contribution in [3.05, 3.63) is 47.8 Å². The lowest BCUT2D eigenvalue weighted by Gasteiger charge is -2.09. The number of carbonyl (C=O) groups is 1. The Hall–Kier alpha value is -2.01. The lowest BCUT2D eigenvalue weighted by atomic mass is 10.2. The third kappa shape index (κ3) is 2.81. The van der Waals surface area contributed by atoms with Crippen LogP contribution in [0.2, 0.25) is 0 Å². The monoisotopic (exact) mass is 249 g/mol. The van der Waals surface area contributed by atoms with E-state index in [0.717, 1.165) is 5.76 Å². The van der Waals surface area contributed by atoms with Crippen molar-refractivity contribution in [1.29, 1.82) is 0 Å². The first kappa shape index (κ1) is 12.4. The van der Waals surface area contributed by atoms with Crippen LogP contribution in [0.5, 0.6) is 0 Å². The smallest absolute Gasteiger partial charge is 0.373 e. The molecule has 1 N–H and O–H groups in total. The van der Waals surface area contributed by atoms with Crippen molar-refractivity contribution in [2.24, 2.45) is 0 Å². The Bertz CT molecular complexity index is 501. The molecule has 5 heteroatoms. The summed E-state index contributed by atoms with van der Waals surface area (Å²) in [5.74, 6) is 1.27. The number of esters is 1. The lowest BCUT2D eigenvalue weighted by Crippen LogP contribution is -2.17. The van der Waals surface area contributed by atoms with Crippen LogP contribution >= 0.6 is 0 Å². The second-order valence-electron chi connectivity index (χ2n) is 3.88. The van der Waals surface area contributed by atoms with E-state index in [0.29, 0.717) is 12.3 Å². The minimum atomic E-state index is -0.472. The third-order valence-electron chi connectivity index (χ3n) is 2.60. The molecule has 1 atom stereocenters. The summed E-state index contributed by atoms with van der Waals surface area (Å²) in [5.41, 5.74) is 0. The van der Waals surface area contributed by atoms with Gasteiger partial charge >= 0.3 is 5.97 Å². The normalized spacial score (nSPS) is 12.3. The molecule has 0 saturated carbocycles. The Balaban J connectivity index is 1.90. The fraction of sp³-hybridized carbons (Fsp3) is 0.308. The van der Waals surface area contributed by atoms with Gasteiger partial charge in [0, 0.05) is 0 Å². The van der Waals surface area contributed by atoms with E-state index in [-0.39, 0.29) is 11.8 Å². The van der Waals surface area contributed by atoms with Gasteiger partial charge in [-0.15, -0.1) is 0 Å². The molecule has 0 aliphatic rings. The summed E-state index contributed by atoms with van der Waals surface area (Å²) >= 11 is 0. The summed E-state index contributed by atoms with van der Waals surface area (Å²) in [4.78, 5) is 11.2. The van der Waals surface area contributed by atoms with E-state index in [9.17, 15) is 4.79 Å². The standard InChI is InChI=1S/C13H15NO4/c1-9(11-4-3-7-17-11)14-8-10-5-6-12(18-10)13(15)16-2/h3-7,9,14H,8H2,1-2H3. The highest BCUT2D eigenvalue weighted by atomic mass is 16.5. The summed E-state index contributed by atoms with van der Waals surface area (Å²) in [6, 6.07) is 7.16. The van der Waals surface area contributed by atoms with Crippen molar-refractivity contribution in [2.75, 3.05) is 7.11 Å². The molecule has 2 heterocycles. The van der Waals surface area contributed by atoms with Gasteiger partial charge in [0.15, 0.2) is 0 Å². The number of rotatable bonds is 5. The molecule has 0 aliphatic carbocycles. The molecule has 2 aromatic rings. The number of furan rings is 2. The predicted octanol–water partition coefficient (Wildman–Crippen LogP) is 2.51. The molecule has 0 aliphatic heterocycles. The topological polar surface area (TPSA) is 64.6 Å². The van der Waals surface area contributed by atoms with Crippen LogP contribution in [0.15, 0.2) is 39.4 Å². The van der Waals surface area contributed by atoms with Gasteiger partial charge < -0.3 is 18.9 Å². The van der Waals surface area contributed by atoms with Gasteiger partial charge in [-0.1, -0.05) is 0 Å². The Labute approximate surface area is 105 Å². The van der Waals surface area contributed by atoms with E-state index in [1.807, 2.05) is 19.1 Å². The average Bonchev–Trinajstić information content (AvgIpc) is 3.05. The zero-order chi connectivity index (χ0) is 13.0. The molecule has 0 bridgehead atoms. The summed E-state index contributed by atoms with van der Waals surface area (Å²) in [5, 5.41) is 3.23. The van der Waals surface area contributed by atoms with Gasteiger partial charge in [-0.05, 0) is 31.2 Å². The molecule has 0 aromatic carbocycles. The van der Waals surface area contributed by atoms with E-state index in [4.69, 9.17) is 8.83 Å². The van der Waals surface area contributed by atoms with Crippen LogP contribution in [0.1, 0.15) is 35.0 Å². The number of ether oxygens (including phenoxy) is 1. The largest absolute Gasteiger partial charge is 0.468 e. The van der Waals surface area contributed by atoms with Crippen LogP contribution in [0.25, 0.3) is 0 Å². The average molecular weight is 249 g/mol. The van der Waals surface area contributed by atoms with E-state index < -0.39 is 5.97 Å². The van der Waals surface area contributed by atoms with Crippen molar-refractivity contribution in [1.82, 2.24) is 5.32 Å². The molecule has 0 saturated heterocycles. The summed E-state index contributed by atoms with van der Waals surface area (Å²) in [7, 11) is 1.32. The first-order valence-corrected chi connectivity index (χ1v) is 5.64. The van der Waals surface area contributed by atoms with Gasteiger partial charge in [0.1, 0.15) is 11.5 Å². The molecule has 5 nitrogen and oxygen atoms in total. The maximum Gasteiger partial charge on any atom is 0.373 e. The SMILES string of the molecule is COC(=O)c1ccc(CNC(C)c2ccco2)o1. The molecule has 2 rings (SSSR count). The lowest BCUT2D eigenvalue weighted by molar-refractivity contribution is 0.0562. The van der Waals surface area contributed by atoms with Crippen LogP contribution in [-0.4, -0.2) is 13.1 Å². The number of carbonyl (C=O) groups excluding carboxylic acids is 1. The minimum absolute atomic E-state index is 0.0756. The quantitative estimate of drug-likeness (QED) is 0.825. The van der Waals surface area contributed by atoms with Crippen LogP contribution in [0.3, 0.4) is 0 Å². The number of hydrogen-bond donors (Lipinski definition) is 1. The van der Waals surface area contributed by atoms with E-state index in [1.165, 1.54) is 7.11 Å². The van der Waals surface area contributed by atoms with E-state index in [1.54, 1.807) is 18.4 Å². The Morgan fingerprint density at radius 3 is 2.94 bits per heavy atom. The maximum absolute atomic E-state index is 11.2. The van der Waals surface area contributed by atoms with Gasteiger partial charge in [0.25, 0.3) is 0 Å². The highest BCUT2D eigenvalue weighted by Gasteiger charge is 2.12. The molecule has 18 heavy (non-hydrogen) atoms. The molecular formula is C13H15NO4. The van der Waals surface area contributed by atoms with Gasteiger partial charge in [-0.25, -0.2) is 4.79 Å². The maximum atomic E-state index is 11.2. The molecule has 0 amide bonds. The number of methoxy groups -OCH3 is 1. The summed E-state index contributed by atoms with van der Waals surface area (Å²) < 4.78 is 15.2. The summed E-state index contributed by atoms with van der Waals surface area (Å²) in [6.07, 6.45) is 1.63. The van der Waals surface area contributed by atoms with Gasteiger partial charge in [0.2, 0.25) is 5.76 Å². The Morgan fingerprint density at radius 2 is 2.28 bits per heavy atom. The second-order valence-corrected chi connectivity index (χ2v) is 3.88. The molecule has 0 spiro atoms. The highest BCUT2D eigenvalue weighted by molar-refractivity contribution is 5.86. The Kier molecular flexibility index (Phi) is 3.84. The third-order valence-corrected chi connectivity index (χ3v) is 2.60. The first-order chi connectivity index (χ1) is 8.70. The molecule has 2 aromatic heterocycles. The summed E-state index contributed by atoms with van der Waals surface area (Å²) in [6.45, 7) is 2.50. The fourth-order valence-electron chi connectivity index (χ4n) is 1.58. The van der Waals surface area contributed by atoms with Crippen molar-refractivity contribution in [3.63, 3.8) is 0 Å². The van der Waals surface area contributed by atoms with E-state index >= 15 is 0 Å². The van der Waals surface area contributed by atoms with Gasteiger partial charge in [0.05, 0.1) is 26.0 Å². The van der Waals surface area contributed by atoms with Crippen LogP contribution in [0, 0.1) is 0 Å². The predicted molar refractivity (Wildman–Crippen MR) is 64.0 cm³/mol. The van der Waals surface area contributed by atoms with Crippen molar-refractivity contribution < 1.29 is 18.4 Å². The second kappa shape index (κ2) is 5.55. The van der Waals surface area contributed by atoms with Gasteiger partial charge in [-0.3, -0.25) is 0 Å². The number of hydrogen-bond acceptors (Lipinski definition) is 5. The first-order valence-electron chi connectivity index (χ1n) is 5.64. The fourth-order valence-corrected chi connectivity index (χ4v) is 1.58. The van der Waals surface area contributed by atoms with Crippen LogP contribution in [-0.2, 0) is 11.3 Å². The van der Waals surface area contributed by atoms with Crippen molar-refractivity contribution in [2.45, 2.75) is 19.5 Å². The zero-order valence-electron chi connectivity index (χ0n) is 10.3. The van der Waals surface area contributed by atoms with Crippen LogP contribution < -0.4 is 5.32 Å². The molecule has 0 radical (unpaired) electrons. The molecule has 0 fully saturated rings. The molecule has 96 valence electrons.